The van der Waals surface area contributed by atoms with Crippen LogP contribution in [0, 0.1) is 0 Å². The lowest BCUT2D eigenvalue weighted by molar-refractivity contribution is -0.116. The van der Waals surface area contributed by atoms with E-state index in [0.29, 0.717) is 29.8 Å². The van der Waals surface area contributed by atoms with Gasteiger partial charge in [-0.1, -0.05) is 12.1 Å². The van der Waals surface area contributed by atoms with Gasteiger partial charge in [0.1, 0.15) is 5.65 Å². The summed E-state index contributed by atoms with van der Waals surface area (Å²) in [5, 5.41) is 2.93. The molecular weight excluding hydrogens is 390 g/mol. The number of pyridine rings is 1. The maximum absolute atomic E-state index is 12.3. The molecule has 10 nitrogen and oxygen atoms in total. The standard InChI is InChI=1S/C20H19N5O5/c1-23-17-13(18(27)24(2)19(23)28)10-12(11-21-17)22-16(26)8-5-9-25-14-6-3-4-7-15(14)30-20(25)29/h3-4,6-7,10-11H,5,8-9H2,1-2H3,(H,22,26). The van der Waals surface area contributed by atoms with Gasteiger partial charge in [0.15, 0.2) is 5.58 Å². The first-order valence-electron chi connectivity index (χ1n) is 9.31. The molecule has 0 fully saturated rings. The minimum Gasteiger partial charge on any atom is -0.408 e. The highest BCUT2D eigenvalue weighted by Crippen LogP contribution is 2.14. The second-order valence-corrected chi connectivity index (χ2v) is 6.94. The van der Waals surface area contributed by atoms with Crippen molar-refractivity contribution in [3.63, 3.8) is 0 Å². The van der Waals surface area contributed by atoms with E-state index in [1.165, 1.54) is 35.5 Å². The zero-order valence-electron chi connectivity index (χ0n) is 16.4. The Morgan fingerprint density at radius 1 is 1.13 bits per heavy atom. The number of anilines is 1. The number of amides is 1. The molecule has 154 valence electrons. The Bertz CT molecular complexity index is 1460. The van der Waals surface area contributed by atoms with Crippen LogP contribution in [0.25, 0.3) is 22.1 Å². The number of aromatic nitrogens is 4. The van der Waals surface area contributed by atoms with Crippen LogP contribution in [0.3, 0.4) is 0 Å². The molecule has 0 bridgehead atoms. The van der Waals surface area contributed by atoms with E-state index < -0.39 is 17.0 Å². The van der Waals surface area contributed by atoms with Gasteiger partial charge in [0.25, 0.3) is 5.56 Å². The van der Waals surface area contributed by atoms with Crippen molar-refractivity contribution >= 4 is 33.7 Å². The molecule has 30 heavy (non-hydrogen) atoms. The van der Waals surface area contributed by atoms with E-state index in [9.17, 15) is 19.2 Å². The summed E-state index contributed by atoms with van der Waals surface area (Å²) in [4.78, 5) is 52.7. The maximum Gasteiger partial charge on any atom is 0.419 e. The minimum atomic E-state index is -0.483. The molecule has 10 heteroatoms. The van der Waals surface area contributed by atoms with Crippen molar-refractivity contribution in [3.8, 4) is 0 Å². The highest BCUT2D eigenvalue weighted by Gasteiger charge is 2.12. The second-order valence-electron chi connectivity index (χ2n) is 6.94. The number of carbonyl (C=O) groups is 1. The predicted molar refractivity (Wildman–Crippen MR) is 111 cm³/mol. The molecule has 0 radical (unpaired) electrons. The number of rotatable bonds is 5. The van der Waals surface area contributed by atoms with Gasteiger partial charge in [0, 0.05) is 27.1 Å². The largest absolute Gasteiger partial charge is 0.419 e. The summed E-state index contributed by atoms with van der Waals surface area (Å²) < 4.78 is 8.93. The number of hydrogen-bond donors (Lipinski definition) is 1. The molecule has 1 aromatic carbocycles. The SMILES string of the molecule is Cn1c(=O)c2cc(NC(=O)CCCn3c(=O)oc4ccccc43)cnc2n(C)c1=O. The fourth-order valence-corrected chi connectivity index (χ4v) is 3.38. The fourth-order valence-electron chi connectivity index (χ4n) is 3.38. The Morgan fingerprint density at radius 2 is 1.90 bits per heavy atom. The van der Waals surface area contributed by atoms with Crippen molar-refractivity contribution in [3.05, 3.63) is 67.9 Å². The van der Waals surface area contributed by atoms with Crippen LogP contribution in [-0.4, -0.2) is 24.6 Å². The van der Waals surface area contributed by atoms with Crippen molar-refractivity contribution in [1.82, 2.24) is 18.7 Å². The molecule has 3 aromatic heterocycles. The Kier molecular flexibility index (Phi) is 4.82. The van der Waals surface area contributed by atoms with Gasteiger partial charge < -0.3 is 9.73 Å². The number of nitrogens with one attached hydrogen (secondary N) is 1. The van der Waals surface area contributed by atoms with Crippen molar-refractivity contribution in [1.29, 1.82) is 0 Å². The first kappa shape index (κ1) is 19.4. The summed E-state index contributed by atoms with van der Waals surface area (Å²) in [5.74, 6) is -0.740. The summed E-state index contributed by atoms with van der Waals surface area (Å²) in [7, 11) is 2.91. The number of aryl methyl sites for hydroxylation is 2. The summed E-state index contributed by atoms with van der Waals surface area (Å²) >= 11 is 0. The number of fused-ring (bicyclic) bond motifs is 2. The average Bonchev–Trinajstić information content (AvgIpc) is 3.06. The summed E-state index contributed by atoms with van der Waals surface area (Å²) in [5.41, 5.74) is 0.830. The molecule has 0 aliphatic heterocycles. The van der Waals surface area contributed by atoms with Crippen molar-refractivity contribution in [2.45, 2.75) is 19.4 Å². The smallest absolute Gasteiger partial charge is 0.408 e. The third-order valence-corrected chi connectivity index (χ3v) is 4.94. The van der Waals surface area contributed by atoms with E-state index in [0.717, 1.165) is 4.57 Å². The molecule has 1 amide bonds. The van der Waals surface area contributed by atoms with E-state index in [4.69, 9.17) is 4.42 Å². The van der Waals surface area contributed by atoms with E-state index in [1.807, 2.05) is 6.07 Å². The first-order chi connectivity index (χ1) is 14.4. The number of oxazole rings is 1. The summed E-state index contributed by atoms with van der Waals surface area (Å²) in [6.07, 6.45) is 1.98. The first-order valence-corrected chi connectivity index (χ1v) is 9.31. The molecule has 0 atom stereocenters. The predicted octanol–water partition coefficient (Wildman–Crippen LogP) is 0.959. The van der Waals surface area contributed by atoms with Crippen LogP contribution in [-0.2, 0) is 25.4 Å². The molecule has 0 saturated heterocycles. The van der Waals surface area contributed by atoms with Crippen LogP contribution in [0.1, 0.15) is 12.8 Å². The molecule has 4 aromatic rings. The number of para-hydroxylation sites is 2. The van der Waals surface area contributed by atoms with Crippen LogP contribution in [0.5, 0.6) is 0 Å². The topological polar surface area (TPSA) is 121 Å². The molecule has 0 aliphatic carbocycles. The van der Waals surface area contributed by atoms with Crippen LogP contribution in [0.2, 0.25) is 0 Å². The Labute approximate surface area is 169 Å². The molecule has 3 heterocycles. The summed E-state index contributed by atoms with van der Waals surface area (Å²) in [6, 6.07) is 8.59. The maximum atomic E-state index is 12.3. The van der Waals surface area contributed by atoms with E-state index in [2.05, 4.69) is 10.3 Å². The normalized spacial score (nSPS) is 11.3. The number of hydrogen-bond acceptors (Lipinski definition) is 6. The highest BCUT2D eigenvalue weighted by atomic mass is 16.4. The molecule has 1 N–H and O–H groups in total. The van der Waals surface area contributed by atoms with Crippen molar-refractivity contribution < 1.29 is 9.21 Å². The Morgan fingerprint density at radius 3 is 2.70 bits per heavy atom. The van der Waals surface area contributed by atoms with Gasteiger partial charge in [-0.25, -0.2) is 14.6 Å². The third kappa shape index (κ3) is 3.32. The Balaban J connectivity index is 1.47. The van der Waals surface area contributed by atoms with Gasteiger partial charge in [-0.2, -0.15) is 0 Å². The van der Waals surface area contributed by atoms with Crippen LogP contribution in [0.15, 0.2) is 55.3 Å². The van der Waals surface area contributed by atoms with Crippen LogP contribution >= 0.6 is 0 Å². The lowest BCUT2D eigenvalue weighted by Crippen LogP contribution is -2.37. The minimum absolute atomic E-state index is 0.162. The van der Waals surface area contributed by atoms with Crippen LogP contribution in [0.4, 0.5) is 5.69 Å². The number of nitrogens with zero attached hydrogens (tertiary/aromatic N) is 4. The summed E-state index contributed by atoms with van der Waals surface area (Å²) in [6.45, 7) is 0.335. The molecule has 0 aliphatic rings. The van der Waals surface area contributed by atoms with Crippen molar-refractivity contribution in [2.75, 3.05) is 5.32 Å². The monoisotopic (exact) mass is 409 g/mol. The third-order valence-electron chi connectivity index (χ3n) is 4.94. The molecule has 0 saturated carbocycles. The molecule has 0 spiro atoms. The van der Waals surface area contributed by atoms with E-state index >= 15 is 0 Å². The van der Waals surface area contributed by atoms with Gasteiger partial charge in [0.2, 0.25) is 5.91 Å². The van der Waals surface area contributed by atoms with E-state index in [1.54, 1.807) is 18.2 Å². The van der Waals surface area contributed by atoms with Crippen LogP contribution < -0.4 is 22.3 Å². The van der Waals surface area contributed by atoms with Gasteiger partial charge in [-0.15, -0.1) is 0 Å². The zero-order valence-corrected chi connectivity index (χ0v) is 16.4. The average molecular weight is 409 g/mol. The Hall–Kier alpha value is -3.95. The lowest BCUT2D eigenvalue weighted by Gasteiger charge is -2.09. The van der Waals surface area contributed by atoms with Gasteiger partial charge in [-0.05, 0) is 24.6 Å². The lowest BCUT2D eigenvalue weighted by atomic mass is 10.2. The molecule has 4 rings (SSSR count). The highest BCUT2D eigenvalue weighted by molar-refractivity contribution is 5.92. The van der Waals surface area contributed by atoms with Crippen molar-refractivity contribution in [2.24, 2.45) is 14.1 Å². The fraction of sp³-hybridized carbons (Fsp3) is 0.250. The van der Waals surface area contributed by atoms with E-state index in [-0.39, 0.29) is 23.4 Å². The van der Waals surface area contributed by atoms with Gasteiger partial charge in [-0.3, -0.25) is 23.3 Å². The quantitative estimate of drug-likeness (QED) is 0.524. The zero-order chi connectivity index (χ0) is 21.4. The molecular formula is C20H19N5O5. The van der Waals surface area contributed by atoms with Gasteiger partial charge in [0.05, 0.1) is 22.8 Å². The van der Waals surface area contributed by atoms with Gasteiger partial charge >= 0.3 is 11.4 Å². The number of benzene rings is 1. The number of carbonyl (C=O) groups excluding carboxylic acids is 1. The second kappa shape index (κ2) is 7.47. The molecule has 0 unspecified atom stereocenters.